The monoisotopic (exact) mass is 233 g/mol. The standard InChI is InChI=1S/C11H12N4O2/c1-7(2)9-14-5-6-15(9)10-8(11(16)17)12-3-4-13-10/h3-7,9H,1-2H3/p+1. The van der Waals surface area contributed by atoms with Crippen LogP contribution in [-0.4, -0.2) is 44.2 Å². The van der Waals surface area contributed by atoms with Crippen LogP contribution >= 0.6 is 0 Å². The van der Waals surface area contributed by atoms with Crippen molar-refractivity contribution >= 4 is 24.2 Å². The average molecular weight is 233 g/mol. The number of carbonyl (C=O) groups is 1. The van der Waals surface area contributed by atoms with Gasteiger partial charge in [-0.25, -0.2) is 19.3 Å². The van der Waals surface area contributed by atoms with Crippen LogP contribution in [0.15, 0.2) is 17.4 Å². The molecule has 1 aliphatic heterocycles. The van der Waals surface area contributed by atoms with Crippen molar-refractivity contribution in [2.45, 2.75) is 20.0 Å². The maximum absolute atomic E-state index is 11.1. The Kier molecular flexibility index (Phi) is 2.95. The normalized spacial score (nSPS) is 18.5. The van der Waals surface area contributed by atoms with E-state index in [9.17, 15) is 4.79 Å². The van der Waals surface area contributed by atoms with Gasteiger partial charge >= 0.3 is 11.8 Å². The Morgan fingerprint density at radius 2 is 2.12 bits per heavy atom. The quantitative estimate of drug-likeness (QED) is 0.788. The second-order valence-corrected chi connectivity index (χ2v) is 4.05. The van der Waals surface area contributed by atoms with Crippen molar-refractivity contribution < 1.29 is 14.5 Å². The number of aromatic nitrogens is 2. The van der Waals surface area contributed by atoms with Crippen LogP contribution in [0.3, 0.4) is 0 Å². The van der Waals surface area contributed by atoms with Gasteiger partial charge in [0, 0.05) is 5.92 Å². The van der Waals surface area contributed by atoms with Crippen molar-refractivity contribution in [3.05, 3.63) is 18.1 Å². The molecule has 0 aliphatic carbocycles. The summed E-state index contributed by atoms with van der Waals surface area (Å²) in [5.74, 6) is -0.499. The van der Waals surface area contributed by atoms with Crippen molar-refractivity contribution in [2.75, 3.05) is 0 Å². The largest absolute Gasteiger partial charge is 0.476 e. The molecule has 6 nitrogen and oxygen atoms in total. The van der Waals surface area contributed by atoms with E-state index in [1.807, 2.05) is 13.8 Å². The van der Waals surface area contributed by atoms with Crippen LogP contribution in [0.2, 0.25) is 0 Å². The Morgan fingerprint density at radius 1 is 1.41 bits per heavy atom. The number of carboxylic acid groups (broad SMARTS) is 1. The lowest BCUT2D eigenvalue weighted by molar-refractivity contribution is -0.486. The molecular weight excluding hydrogens is 220 g/mol. The molecule has 1 atom stereocenters. The zero-order valence-electron chi connectivity index (χ0n) is 9.61. The van der Waals surface area contributed by atoms with Gasteiger partial charge in [-0.15, -0.1) is 0 Å². The van der Waals surface area contributed by atoms with Crippen LogP contribution in [0.1, 0.15) is 24.3 Å². The van der Waals surface area contributed by atoms with E-state index in [1.165, 1.54) is 12.4 Å². The summed E-state index contributed by atoms with van der Waals surface area (Å²) in [6, 6.07) is 0. The van der Waals surface area contributed by atoms with Gasteiger partial charge in [0.1, 0.15) is 6.21 Å². The maximum atomic E-state index is 11.1. The molecule has 2 rings (SSSR count). The van der Waals surface area contributed by atoms with E-state index < -0.39 is 5.97 Å². The third-order valence-electron chi connectivity index (χ3n) is 2.47. The minimum atomic E-state index is -1.09. The highest BCUT2D eigenvalue weighted by atomic mass is 16.4. The Bertz CT molecular complexity index is 508. The lowest BCUT2D eigenvalue weighted by Crippen LogP contribution is -2.25. The zero-order valence-corrected chi connectivity index (χ0v) is 9.61. The molecule has 0 spiro atoms. The first kappa shape index (κ1) is 11.4. The molecule has 0 bridgehead atoms. The molecular formula is C11H13N4O2+. The Labute approximate surface area is 98.4 Å². The van der Waals surface area contributed by atoms with E-state index in [1.54, 1.807) is 17.0 Å². The molecule has 17 heavy (non-hydrogen) atoms. The SMILES string of the molecule is CC(C)C1N=CC=[N+]1c1nccnc1C(=O)O. The summed E-state index contributed by atoms with van der Waals surface area (Å²) in [6.07, 6.45) is 6.11. The van der Waals surface area contributed by atoms with E-state index in [0.717, 1.165) is 0 Å². The second-order valence-electron chi connectivity index (χ2n) is 4.05. The Hall–Kier alpha value is -2.11. The van der Waals surface area contributed by atoms with Crippen molar-refractivity contribution in [1.29, 1.82) is 0 Å². The molecule has 1 aromatic rings. The van der Waals surface area contributed by atoms with Crippen molar-refractivity contribution in [3.63, 3.8) is 0 Å². The minimum Gasteiger partial charge on any atom is -0.476 e. The number of nitrogens with zero attached hydrogens (tertiary/aromatic N) is 4. The molecule has 88 valence electrons. The van der Waals surface area contributed by atoms with Gasteiger partial charge in [-0.1, -0.05) is 13.8 Å². The fourth-order valence-corrected chi connectivity index (χ4v) is 1.72. The van der Waals surface area contributed by atoms with Crippen LogP contribution in [0.4, 0.5) is 5.82 Å². The van der Waals surface area contributed by atoms with E-state index in [4.69, 9.17) is 5.11 Å². The lowest BCUT2D eigenvalue weighted by Gasteiger charge is -2.13. The number of carboxylic acids is 1. The highest BCUT2D eigenvalue weighted by Crippen LogP contribution is 2.21. The average Bonchev–Trinajstić information content (AvgIpc) is 2.77. The highest BCUT2D eigenvalue weighted by molar-refractivity contribution is 6.15. The van der Waals surface area contributed by atoms with Crippen molar-refractivity contribution in [1.82, 2.24) is 9.97 Å². The molecule has 1 aliphatic rings. The smallest absolute Gasteiger partial charge is 0.363 e. The predicted octanol–water partition coefficient (Wildman–Crippen LogP) is 0.956. The topological polar surface area (TPSA) is 78.5 Å². The third kappa shape index (κ3) is 2.06. The fourth-order valence-electron chi connectivity index (χ4n) is 1.72. The number of aromatic carboxylic acids is 1. The molecule has 0 radical (unpaired) electrons. The minimum absolute atomic E-state index is 0.0556. The fraction of sp³-hybridized carbons (Fsp3) is 0.364. The Balaban J connectivity index is 2.45. The van der Waals surface area contributed by atoms with Crippen LogP contribution < -0.4 is 0 Å². The van der Waals surface area contributed by atoms with E-state index >= 15 is 0 Å². The van der Waals surface area contributed by atoms with Gasteiger partial charge in [-0.05, 0) is 4.98 Å². The number of hydrogen-bond acceptors (Lipinski definition) is 4. The van der Waals surface area contributed by atoms with Crippen molar-refractivity contribution in [3.8, 4) is 0 Å². The van der Waals surface area contributed by atoms with Crippen LogP contribution in [0.25, 0.3) is 0 Å². The second kappa shape index (κ2) is 4.40. The first-order valence-corrected chi connectivity index (χ1v) is 5.30. The predicted molar refractivity (Wildman–Crippen MR) is 62.1 cm³/mol. The number of hydrogen-bond donors (Lipinski definition) is 1. The zero-order chi connectivity index (χ0) is 12.4. The van der Waals surface area contributed by atoms with Gasteiger partial charge in [-0.2, -0.15) is 0 Å². The van der Waals surface area contributed by atoms with Gasteiger partial charge < -0.3 is 5.11 Å². The summed E-state index contributed by atoms with van der Waals surface area (Å²) in [6.45, 7) is 4.04. The van der Waals surface area contributed by atoms with Crippen LogP contribution in [0, 0.1) is 5.92 Å². The molecule has 6 heteroatoms. The van der Waals surface area contributed by atoms with Crippen LogP contribution in [0.5, 0.6) is 0 Å². The summed E-state index contributed by atoms with van der Waals surface area (Å²) in [4.78, 5) is 23.3. The first-order chi connectivity index (χ1) is 8.11. The summed E-state index contributed by atoms with van der Waals surface area (Å²) < 4.78 is 1.74. The van der Waals surface area contributed by atoms with E-state index in [0.29, 0.717) is 5.82 Å². The number of aliphatic imine (C=N–C) groups is 1. The van der Waals surface area contributed by atoms with E-state index in [2.05, 4.69) is 15.0 Å². The molecule has 2 heterocycles. The van der Waals surface area contributed by atoms with Gasteiger partial charge in [0.2, 0.25) is 5.69 Å². The van der Waals surface area contributed by atoms with Crippen molar-refractivity contribution in [2.24, 2.45) is 10.9 Å². The summed E-state index contributed by atoms with van der Waals surface area (Å²) in [5, 5.41) is 9.07. The molecule has 1 aromatic heterocycles. The van der Waals surface area contributed by atoms with Gasteiger partial charge in [-0.3, -0.25) is 0 Å². The van der Waals surface area contributed by atoms with Gasteiger partial charge in [0.05, 0.1) is 12.4 Å². The maximum Gasteiger partial charge on any atom is 0.363 e. The molecule has 0 fully saturated rings. The summed E-state index contributed by atoms with van der Waals surface area (Å²) in [5.41, 5.74) is -0.0556. The van der Waals surface area contributed by atoms with Crippen LogP contribution in [-0.2, 0) is 0 Å². The molecule has 0 aromatic carbocycles. The van der Waals surface area contributed by atoms with Gasteiger partial charge in [0.15, 0.2) is 12.4 Å². The third-order valence-corrected chi connectivity index (χ3v) is 2.47. The number of rotatable bonds is 3. The highest BCUT2D eigenvalue weighted by Gasteiger charge is 2.31. The molecule has 0 saturated heterocycles. The summed E-state index contributed by atoms with van der Waals surface area (Å²) in [7, 11) is 0. The molecule has 1 unspecified atom stereocenters. The molecule has 0 amide bonds. The summed E-state index contributed by atoms with van der Waals surface area (Å²) >= 11 is 0. The molecule has 0 saturated carbocycles. The van der Waals surface area contributed by atoms with E-state index in [-0.39, 0.29) is 17.8 Å². The lowest BCUT2D eigenvalue weighted by atomic mass is 10.1. The van der Waals surface area contributed by atoms with Gasteiger partial charge in [0.25, 0.3) is 0 Å². The Morgan fingerprint density at radius 3 is 2.76 bits per heavy atom. The molecule has 1 N–H and O–H groups in total. The first-order valence-electron chi connectivity index (χ1n) is 5.30.